The van der Waals surface area contributed by atoms with Crippen molar-refractivity contribution in [2.75, 3.05) is 19.8 Å². The molecule has 0 amide bonds. The van der Waals surface area contributed by atoms with E-state index >= 15 is 0 Å². The minimum absolute atomic E-state index is 0.0701. The maximum Gasteiger partial charge on any atom is 0.472 e. The molecule has 6 atom stereocenters. The average molecular weight is 1020 g/mol. The highest BCUT2D eigenvalue weighted by molar-refractivity contribution is 7.47. The van der Waals surface area contributed by atoms with Crippen LogP contribution in [0.4, 0.5) is 0 Å². The van der Waals surface area contributed by atoms with Crippen molar-refractivity contribution in [3.63, 3.8) is 0 Å². The number of esters is 1. The van der Waals surface area contributed by atoms with Crippen molar-refractivity contribution in [1.82, 2.24) is 0 Å². The second kappa shape index (κ2) is 47.8. The molecule has 0 radical (unpaired) electrons. The topological polar surface area (TPSA) is 192 Å². The van der Waals surface area contributed by atoms with Crippen molar-refractivity contribution in [2.45, 2.75) is 326 Å². The average Bonchev–Trinajstić information content (AvgIpc) is 3.35. The first-order valence-electron chi connectivity index (χ1n) is 29.5. The van der Waals surface area contributed by atoms with Gasteiger partial charge in [-0.15, -0.1) is 0 Å². The third-order valence-corrected chi connectivity index (χ3v) is 15.1. The van der Waals surface area contributed by atoms with Crippen LogP contribution in [0.5, 0.6) is 0 Å². The van der Waals surface area contributed by atoms with E-state index in [1.54, 1.807) is 0 Å². The Hall–Kier alpha value is -0.920. The van der Waals surface area contributed by atoms with Crippen LogP contribution in [0.1, 0.15) is 284 Å². The van der Waals surface area contributed by atoms with Gasteiger partial charge in [0.1, 0.15) is 42.7 Å². The number of hydrogen-bond acceptors (Lipinski definition) is 11. The molecule has 0 aromatic rings. The van der Waals surface area contributed by atoms with Crippen LogP contribution in [0.3, 0.4) is 0 Å². The molecule has 6 unspecified atom stereocenters. The van der Waals surface area contributed by atoms with Crippen LogP contribution in [0.2, 0.25) is 0 Å². The van der Waals surface area contributed by atoms with Crippen LogP contribution < -0.4 is 0 Å². The lowest BCUT2D eigenvalue weighted by molar-refractivity contribution is -0.220. The van der Waals surface area contributed by atoms with Crippen LogP contribution in [0.15, 0.2) is 12.2 Å². The van der Waals surface area contributed by atoms with Gasteiger partial charge in [0.15, 0.2) is 0 Å². The number of carbonyl (C=O) groups excluding carboxylic acids is 1. The molecule has 0 aliphatic heterocycles. The van der Waals surface area contributed by atoms with Gasteiger partial charge in [-0.2, -0.15) is 0 Å². The number of rotatable bonds is 52. The number of hydrogen-bond donors (Lipinski definition) is 6. The highest BCUT2D eigenvalue weighted by Gasteiger charge is 2.51. The zero-order valence-electron chi connectivity index (χ0n) is 45.1. The summed E-state index contributed by atoms with van der Waals surface area (Å²) in [6.45, 7) is 4.33. The van der Waals surface area contributed by atoms with Gasteiger partial charge in [-0.1, -0.05) is 251 Å². The molecular formula is C57H111O12P. The fourth-order valence-electron chi connectivity index (χ4n) is 9.47. The van der Waals surface area contributed by atoms with E-state index in [1.165, 1.54) is 218 Å². The van der Waals surface area contributed by atoms with Gasteiger partial charge in [0, 0.05) is 13.0 Å². The molecule has 0 heterocycles. The third kappa shape index (κ3) is 38.6. The Bertz CT molecular complexity index is 1210. The molecule has 1 rings (SSSR count). The van der Waals surface area contributed by atoms with Gasteiger partial charge in [0.2, 0.25) is 0 Å². The van der Waals surface area contributed by atoms with Gasteiger partial charge in [-0.3, -0.25) is 13.8 Å². The van der Waals surface area contributed by atoms with Crippen LogP contribution in [0, 0.1) is 0 Å². The van der Waals surface area contributed by atoms with Crippen LogP contribution >= 0.6 is 7.82 Å². The molecule has 416 valence electrons. The molecule has 0 aromatic carbocycles. The lowest BCUT2D eigenvalue weighted by Crippen LogP contribution is -2.64. The second-order valence-electron chi connectivity index (χ2n) is 20.9. The minimum atomic E-state index is -5.02. The van der Waals surface area contributed by atoms with E-state index in [1.807, 2.05) is 0 Å². The van der Waals surface area contributed by atoms with E-state index in [4.69, 9.17) is 18.5 Å². The summed E-state index contributed by atoms with van der Waals surface area (Å²) in [7, 11) is -5.02. The Labute approximate surface area is 428 Å². The van der Waals surface area contributed by atoms with Gasteiger partial charge in [-0.05, 0) is 38.5 Å². The molecular weight excluding hydrogens is 908 g/mol. The first kappa shape index (κ1) is 67.1. The standard InChI is InChI=1S/C57H111O12P/c1-3-5-7-9-11-13-15-17-19-21-23-24-25-26-27-29-31-33-35-37-39-41-43-45-47-66-48-50(49-67-70(64,65)69-57-55(62)53(60)52(59)54(61)56(57)63)68-51(58)46-44-42-40-38-36-34-32-30-28-22-20-18-16-14-12-10-8-6-4-2/h21,23,50,52-57,59-63H,3-20,22,24-49H2,1-2H3,(H,64,65)/b23-21-. The summed E-state index contributed by atoms with van der Waals surface area (Å²) in [5.41, 5.74) is 0. The molecule has 0 spiro atoms. The number of unbranched alkanes of at least 4 members (excludes halogenated alkanes) is 38. The van der Waals surface area contributed by atoms with Gasteiger partial charge in [0.25, 0.3) is 0 Å². The number of aliphatic hydroxyl groups excluding tert-OH is 5. The molecule has 0 aromatic heterocycles. The lowest BCUT2D eigenvalue weighted by Gasteiger charge is -2.41. The van der Waals surface area contributed by atoms with Gasteiger partial charge < -0.3 is 39.9 Å². The van der Waals surface area contributed by atoms with Gasteiger partial charge in [0.05, 0.1) is 13.2 Å². The van der Waals surface area contributed by atoms with Crippen LogP contribution in [-0.2, 0) is 27.9 Å². The summed E-state index contributed by atoms with van der Waals surface area (Å²) in [6, 6.07) is 0. The molecule has 1 fully saturated rings. The van der Waals surface area contributed by atoms with Crippen molar-refractivity contribution < 1.29 is 58.3 Å². The molecule has 0 bridgehead atoms. The number of phosphoric ester groups is 1. The molecule has 70 heavy (non-hydrogen) atoms. The Morgan fingerprint density at radius 2 is 0.757 bits per heavy atom. The molecule has 0 saturated heterocycles. The Kier molecular flexibility index (Phi) is 45.8. The largest absolute Gasteiger partial charge is 0.472 e. The van der Waals surface area contributed by atoms with E-state index in [-0.39, 0.29) is 13.0 Å². The van der Waals surface area contributed by atoms with Crippen molar-refractivity contribution in [1.29, 1.82) is 0 Å². The summed E-state index contributed by atoms with van der Waals surface area (Å²) in [6.07, 6.45) is 44.3. The van der Waals surface area contributed by atoms with Crippen molar-refractivity contribution in [2.24, 2.45) is 0 Å². The summed E-state index contributed by atoms with van der Waals surface area (Å²) in [5.74, 6) is -0.469. The minimum Gasteiger partial charge on any atom is -0.457 e. The number of allylic oxidation sites excluding steroid dienone is 2. The number of carbonyl (C=O) groups is 1. The van der Waals surface area contributed by atoms with Gasteiger partial charge >= 0.3 is 13.8 Å². The van der Waals surface area contributed by atoms with E-state index < -0.39 is 63.1 Å². The fourth-order valence-corrected chi connectivity index (χ4v) is 10.4. The molecule has 12 nitrogen and oxygen atoms in total. The van der Waals surface area contributed by atoms with E-state index in [2.05, 4.69) is 26.0 Å². The molecule has 1 saturated carbocycles. The number of aliphatic hydroxyl groups is 5. The van der Waals surface area contributed by atoms with E-state index in [0.29, 0.717) is 13.0 Å². The smallest absolute Gasteiger partial charge is 0.457 e. The zero-order chi connectivity index (χ0) is 51.2. The summed E-state index contributed by atoms with van der Waals surface area (Å²) in [4.78, 5) is 23.3. The predicted octanol–water partition coefficient (Wildman–Crippen LogP) is 14.2. The first-order valence-corrected chi connectivity index (χ1v) is 31.0. The molecule has 1 aliphatic rings. The maximum atomic E-state index is 12.9. The monoisotopic (exact) mass is 1020 g/mol. The number of ether oxygens (including phenoxy) is 2. The summed E-state index contributed by atoms with van der Waals surface area (Å²) < 4.78 is 34.4. The normalized spacial score (nSPS) is 20.9. The number of phosphoric acid groups is 1. The maximum absolute atomic E-state index is 12.9. The van der Waals surface area contributed by atoms with Crippen LogP contribution in [0.25, 0.3) is 0 Å². The van der Waals surface area contributed by atoms with Crippen LogP contribution in [-0.4, -0.2) is 98.9 Å². The quantitative estimate of drug-likeness (QED) is 0.0146. The molecule has 6 N–H and O–H groups in total. The molecule has 13 heteroatoms. The van der Waals surface area contributed by atoms with Crippen molar-refractivity contribution in [3.05, 3.63) is 12.2 Å². The Morgan fingerprint density at radius 1 is 0.443 bits per heavy atom. The fraction of sp³-hybridized carbons (Fsp3) is 0.947. The molecule has 1 aliphatic carbocycles. The lowest BCUT2D eigenvalue weighted by atomic mass is 9.85. The highest BCUT2D eigenvalue weighted by Crippen LogP contribution is 2.47. The zero-order valence-corrected chi connectivity index (χ0v) is 46.0. The second-order valence-corrected chi connectivity index (χ2v) is 22.3. The van der Waals surface area contributed by atoms with Gasteiger partial charge in [-0.25, -0.2) is 4.57 Å². The first-order chi connectivity index (χ1) is 34.0. The third-order valence-electron chi connectivity index (χ3n) is 14.1. The highest BCUT2D eigenvalue weighted by atomic mass is 31.2. The Balaban J connectivity index is 2.25. The van der Waals surface area contributed by atoms with E-state index in [0.717, 1.165) is 38.5 Å². The van der Waals surface area contributed by atoms with E-state index in [9.17, 15) is 39.8 Å². The summed E-state index contributed by atoms with van der Waals surface area (Å²) >= 11 is 0. The van der Waals surface area contributed by atoms with Crippen molar-refractivity contribution >= 4 is 13.8 Å². The SMILES string of the molecule is CCCCCCCCCC/C=C\CCCCCCCCCCCCCCOCC(COP(=O)(O)OC1C(O)C(O)C(O)C(O)C1O)OC(=O)CCCCCCCCCCCCCCCCCCCCC. The Morgan fingerprint density at radius 3 is 1.13 bits per heavy atom. The van der Waals surface area contributed by atoms with Crippen molar-refractivity contribution in [3.8, 4) is 0 Å². The predicted molar refractivity (Wildman–Crippen MR) is 286 cm³/mol. The summed E-state index contributed by atoms with van der Waals surface area (Å²) in [5, 5.41) is 50.4.